The number of piperidine rings is 1. The molecule has 5 heteroatoms. The van der Waals surface area contributed by atoms with Gasteiger partial charge in [-0.2, -0.15) is 0 Å². The lowest BCUT2D eigenvalue weighted by molar-refractivity contribution is -0.890. The van der Waals surface area contributed by atoms with Gasteiger partial charge in [0.2, 0.25) is 5.60 Å². The predicted molar refractivity (Wildman–Crippen MR) is 93.7 cm³/mol. The normalized spacial score (nSPS) is 29.6. The molecule has 3 aliphatic rings. The SMILES string of the molecule is C[N+]12CCC(OC(=O)C3(O)c4ccccc4-c4ccccc43)(CC1)C2.[Br-]. The lowest BCUT2D eigenvalue weighted by Gasteiger charge is -2.29. The third kappa shape index (κ3) is 2.24. The Bertz CT molecular complexity index is 841. The Balaban J connectivity index is 0.00000168. The molecule has 2 aliphatic heterocycles. The first-order valence-electron chi connectivity index (χ1n) is 8.95. The van der Waals surface area contributed by atoms with Crippen molar-refractivity contribution in [2.24, 2.45) is 0 Å². The van der Waals surface area contributed by atoms with Crippen LogP contribution < -0.4 is 17.0 Å². The molecule has 4 nitrogen and oxygen atoms in total. The van der Waals surface area contributed by atoms with Crippen molar-refractivity contribution in [2.75, 3.05) is 26.7 Å². The molecule has 0 aromatic heterocycles. The minimum absolute atomic E-state index is 0. The zero-order valence-electron chi connectivity index (χ0n) is 14.7. The second kappa shape index (κ2) is 5.65. The number of hydrogen-bond donors (Lipinski definition) is 1. The minimum atomic E-state index is -1.71. The van der Waals surface area contributed by atoms with Gasteiger partial charge < -0.3 is 31.3 Å². The summed E-state index contributed by atoms with van der Waals surface area (Å²) >= 11 is 0. The number of esters is 1. The third-order valence-electron chi connectivity index (χ3n) is 6.41. The quantitative estimate of drug-likeness (QED) is 0.528. The molecule has 5 rings (SSSR count). The van der Waals surface area contributed by atoms with Gasteiger partial charge in [0.25, 0.3) is 0 Å². The van der Waals surface area contributed by atoms with E-state index in [1.54, 1.807) is 0 Å². The van der Waals surface area contributed by atoms with Crippen LogP contribution in [0.15, 0.2) is 48.5 Å². The molecule has 0 unspecified atom stereocenters. The Morgan fingerprint density at radius 3 is 1.96 bits per heavy atom. The fraction of sp³-hybridized carbons (Fsp3) is 0.381. The molecule has 0 radical (unpaired) electrons. The van der Waals surface area contributed by atoms with E-state index in [1.165, 1.54) is 0 Å². The highest BCUT2D eigenvalue weighted by Crippen LogP contribution is 2.49. The predicted octanol–water partition coefficient (Wildman–Crippen LogP) is -0.557. The maximum atomic E-state index is 13.3. The van der Waals surface area contributed by atoms with Crippen LogP contribution in [0.2, 0.25) is 0 Å². The first kappa shape index (κ1) is 17.7. The zero-order valence-corrected chi connectivity index (χ0v) is 16.3. The molecule has 0 atom stereocenters. The zero-order chi connectivity index (χ0) is 17.3. The smallest absolute Gasteiger partial charge is 0.348 e. The van der Waals surface area contributed by atoms with E-state index in [4.69, 9.17) is 4.74 Å². The van der Waals surface area contributed by atoms with Crippen molar-refractivity contribution in [2.45, 2.75) is 24.0 Å². The Labute approximate surface area is 163 Å². The molecule has 2 aromatic carbocycles. The van der Waals surface area contributed by atoms with E-state index in [1.807, 2.05) is 48.5 Å². The summed E-state index contributed by atoms with van der Waals surface area (Å²) in [7, 11) is 2.22. The molecule has 136 valence electrons. The summed E-state index contributed by atoms with van der Waals surface area (Å²) in [6.45, 7) is 2.94. The van der Waals surface area contributed by atoms with Gasteiger partial charge in [0.15, 0.2) is 5.60 Å². The van der Waals surface area contributed by atoms with E-state index in [0.29, 0.717) is 11.1 Å². The molecule has 1 aliphatic carbocycles. The van der Waals surface area contributed by atoms with Crippen LogP contribution in [0, 0.1) is 0 Å². The van der Waals surface area contributed by atoms with Gasteiger partial charge in [-0.05, 0) is 11.1 Å². The fourth-order valence-electron chi connectivity index (χ4n) is 5.03. The van der Waals surface area contributed by atoms with Crippen molar-refractivity contribution in [3.63, 3.8) is 0 Å². The summed E-state index contributed by atoms with van der Waals surface area (Å²) < 4.78 is 7.02. The molecule has 2 bridgehead atoms. The van der Waals surface area contributed by atoms with Gasteiger partial charge in [-0.1, -0.05) is 48.5 Å². The number of ether oxygens (including phenoxy) is 1. The van der Waals surface area contributed by atoms with Gasteiger partial charge in [0, 0.05) is 24.0 Å². The number of fused-ring (bicyclic) bond motifs is 5. The van der Waals surface area contributed by atoms with Crippen LogP contribution in [0.25, 0.3) is 11.1 Å². The maximum Gasteiger partial charge on any atom is 0.348 e. The van der Waals surface area contributed by atoms with E-state index in [9.17, 15) is 9.90 Å². The van der Waals surface area contributed by atoms with Crippen LogP contribution in [0.5, 0.6) is 0 Å². The number of quaternary nitrogens is 1. The first-order valence-corrected chi connectivity index (χ1v) is 8.95. The van der Waals surface area contributed by atoms with Crippen molar-refractivity contribution in [1.29, 1.82) is 0 Å². The number of aliphatic hydroxyl groups is 1. The van der Waals surface area contributed by atoms with Crippen molar-refractivity contribution in [3.8, 4) is 11.1 Å². The van der Waals surface area contributed by atoms with Crippen LogP contribution in [-0.4, -0.2) is 47.8 Å². The molecule has 0 spiro atoms. The average molecular weight is 416 g/mol. The van der Waals surface area contributed by atoms with Crippen molar-refractivity contribution < 1.29 is 36.1 Å². The highest BCUT2D eigenvalue weighted by Gasteiger charge is 2.59. The van der Waals surface area contributed by atoms with Crippen molar-refractivity contribution in [3.05, 3.63) is 59.7 Å². The van der Waals surface area contributed by atoms with Crippen LogP contribution in [-0.2, 0) is 15.1 Å². The first-order chi connectivity index (χ1) is 12.0. The summed E-state index contributed by atoms with van der Waals surface area (Å²) in [6.07, 6.45) is 1.77. The number of carbonyl (C=O) groups is 1. The molecule has 2 aromatic rings. The van der Waals surface area contributed by atoms with Crippen molar-refractivity contribution >= 4 is 5.97 Å². The molecule has 0 saturated carbocycles. The fourth-order valence-corrected chi connectivity index (χ4v) is 5.03. The Kier molecular flexibility index (Phi) is 3.85. The Hall–Kier alpha value is -1.69. The van der Waals surface area contributed by atoms with Crippen molar-refractivity contribution in [1.82, 2.24) is 0 Å². The Morgan fingerprint density at radius 2 is 1.50 bits per heavy atom. The minimum Gasteiger partial charge on any atom is -1.00 e. The number of carbonyl (C=O) groups excluding carboxylic acids is 1. The monoisotopic (exact) mass is 415 g/mol. The van der Waals surface area contributed by atoms with E-state index >= 15 is 0 Å². The van der Waals surface area contributed by atoms with Crippen LogP contribution in [0.3, 0.4) is 0 Å². The van der Waals surface area contributed by atoms with Gasteiger partial charge in [0.1, 0.15) is 6.54 Å². The second-order valence-electron chi connectivity index (χ2n) is 8.10. The molecule has 0 amide bonds. The summed E-state index contributed by atoms with van der Waals surface area (Å²) in [5.74, 6) is -0.528. The summed E-state index contributed by atoms with van der Waals surface area (Å²) in [5.41, 5.74) is 0.962. The molecular weight excluding hydrogens is 394 g/mol. The highest BCUT2D eigenvalue weighted by molar-refractivity contribution is 5.96. The van der Waals surface area contributed by atoms with E-state index in [-0.39, 0.29) is 17.0 Å². The second-order valence-corrected chi connectivity index (χ2v) is 8.10. The van der Waals surface area contributed by atoms with E-state index < -0.39 is 17.2 Å². The number of likely N-dealkylation sites (N-methyl/N-ethyl adjacent to an activating group) is 1. The largest absolute Gasteiger partial charge is 1.00 e. The van der Waals surface area contributed by atoms with Gasteiger partial charge >= 0.3 is 5.97 Å². The molecule has 2 fully saturated rings. The molecule has 2 heterocycles. The van der Waals surface area contributed by atoms with Gasteiger partial charge in [-0.15, -0.1) is 0 Å². The summed E-state index contributed by atoms with van der Waals surface area (Å²) in [6, 6.07) is 15.2. The average Bonchev–Trinajstić information content (AvgIpc) is 3.22. The molecular formula is C21H22BrNO3. The lowest BCUT2D eigenvalue weighted by atomic mass is 9.90. The van der Waals surface area contributed by atoms with Crippen LogP contribution >= 0.6 is 0 Å². The number of benzene rings is 2. The van der Waals surface area contributed by atoms with Gasteiger partial charge in [0.05, 0.1) is 20.1 Å². The summed E-state index contributed by atoms with van der Waals surface area (Å²) in [4.78, 5) is 13.3. The topological polar surface area (TPSA) is 46.5 Å². The van der Waals surface area contributed by atoms with Gasteiger partial charge in [-0.3, -0.25) is 0 Å². The van der Waals surface area contributed by atoms with Crippen LogP contribution in [0.4, 0.5) is 0 Å². The number of hydrogen-bond acceptors (Lipinski definition) is 3. The number of nitrogens with zero attached hydrogens (tertiary/aromatic N) is 1. The number of halogens is 1. The molecule has 2 saturated heterocycles. The van der Waals surface area contributed by atoms with E-state index in [0.717, 1.165) is 48.1 Å². The third-order valence-corrected chi connectivity index (χ3v) is 6.41. The highest BCUT2D eigenvalue weighted by atomic mass is 79.9. The molecule has 26 heavy (non-hydrogen) atoms. The Morgan fingerprint density at radius 1 is 1.00 bits per heavy atom. The van der Waals surface area contributed by atoms with Gasteiger partial charge in [-0.25, -0.2) is 4.79 Å². The summed E-state index contributed by atoms with van der Waals surface area (Å²) in [5, 5.41) is 11.5. The number of rotatable bonds is 2. The molecule has 1 N–H and O–H groups in total. The van der Waals surface area contributed by atoms with Crippen LogP contribution in [0.1, 0.15) is 24.0 Å². The maximum absolute atomic E-state index is 13.3. The lowest BCUT2D eigenvalue weighted by Crippen LogP contribution is -3.00. The van der Waals surface area contributed by atoms with E-state index in [2.05, 4.69) is 7.05 Å². The standard InChI is InChI=1S/C21H22NO3.BrH/c1-22-12-10-20(14-22,11-13-22)25-19(23)21(24)17-8-4-2-6-15(17)16-7-3-5-9-18(16)21;/h2-9,24H,10-14H2,1H3;1H/q+1;/p-1.